The van der Waals surface area contributed by atoms with Gasteiger partial charge in [0.25, 0.3) is 0 Å². The van der Waals surface area contributed by atoms with Gasteiger partial charge in [0.1, 0.15) is 0 Å². The first kappa shape index (κ1) is 13.6. The van der Waals surface area contributed by atoms with Gasteiger partial charge in [-0.25, -0.2) is 0 Å². The van der Waals surface area contributed by atoms with E-state index in [9.17, 15) is 0 Å². The van der Waals surface area contributed by atoms with Crippen molar-refractivity contribution in [2.24, 2.45) is 11.7 Å². The fourth-order valence-electron chi connectivity index (χ4n) is 2.73. The predicted octanol–water partition coefficient (Wildman–Crippen LogP) is 3.12. The Hall–Kier alpha value is -0.860. The lowest BCUT2D eigenvalue weighted by atomic mass is 9.95. The number of rotatable bonds is 6. The summed E-state index contributed by atoms with van der Waals surface area (Å²) in [4.78, 5) is 2.46. The predicted molar refractivity (Wildman–Crippen MR) is 77.5 cm³/mol. The van der Waals surface area contributed by atoms with E-state index in [0.29, 0.717) is 6.04 Å². The maximum Gasteiger partial charge on any atom is 0.0496 e. The number of likely N-dealkylation sites (N-methyl/N-ethyl adjacent to an activating group) is 1. The highest BCUT2D eigenvalue weighted by atomic mass is 15.2. The molecule has 2 rings (SSSR count). The van der Waals surface area contributed by atoms with Crippen LogP contribution in [0.4, 0.5) is 0 Å². The van der Waals surface area contributed by atoms with Gasteiger partial charge in [-0.05, 0) is 44.7 Å². The molecule has 1 saturated carbocycles. The summed E-state index contributed by atoms with van der Waals surface area (Å²) in [6.07, 6.45) is 3.81. The van der Waals surface area contributed by atoms with Gasteiger partial charge >= 0.3 is 0 Å². The maximum atomic E-state index is 6.35. The molecular formula is C16H26N2. The van der Waals surface area contributed by atoms with Crippen molar-refractivity contribution in [3.05, 3.63) is 35.4 Å². The highest BCUT2D eigenvalue weighted by molar-refractivity contribution is 5.26. The van der Waals surface area contributed by atoms with E-state index in [-0.39, 0.29) is 6.04 Å². The van der Waals surface area contributed by atoms with Gasteiger partial charge in [0.05, 0.1) is 0 Å². The highest BCUT2D eigenvalue weighted by Gasteiger charge is 2.29. The smallest absolute Gasteiger partial charge is 0.0496 e. The van der Waals surface area contributed by atoms with Crippen molar-refractivity contribution in [3.63, 3.8) is 0 Å². The van der Waals surface area contributed by atoms with Gasteiger partial charge < -0.3 is 5.73 Å². The third-order valence-corrected chi connectivity index (χ3v) is 3.98. The van der Waals surface area contributed by atoms with Crippen molar-refractivity contribution in [1.82, 2.24) is 4.90 Å². The van der Waals surface area contributed by atoms with Gasteiger partial charge in [-0.2, -0.15) is 0 Å². The average Bonchev–Trinajstić information content (AvgIpc) is 3.13. The van der Waals surface area contributed by atoms with E-state index in [2.05, 4.69) is 50.1 Å². The molecule has 1 aliphatic carbocycles. The Kier molecular flexibility index (Phi) is 4.41. The van der Waals surface area contributed by atoms with Crippen LogP contribution in [0.1, 0.15) is 43.4 Å². The zero-order valence-electron chi connectivity index (χ0n) is 11.9. The molecule has 2 N–H and O–H groups in total. The topological polar surface area (TPSA) is 29.3 Å². The Morgan fingerprint density at radius 1 is 1.39 bits per heavy atom. The maximum absolute atomic E-state index is 6.35. The Morgan fingerprint density at radius 3 is 2.67 bits per heavy atom. The highest BCUT2D eigenvalue weighted by Crippen LogP contribution is 2.33. The fraction of sp³-hybridized carbons (Fsp3) is 0.625. The lowest BCUT2D eigenvalue weighted by Gasteiger charge is -2.33. The standard InChI is InChI=1S/C16H26N2/c1-4-15(17)16(18(3)11-13-8-9-13)14-7-5-6-12(2)10-14/h5-7,10,13,15-16H,4,8-9,11,17H2,1-3H3. The molecule has 0 aliphatic heterocycles. The molecule has 0 bridgehead atoms. The second kappa shape index (κ2) is 5.85. The Morgan fingerprint density at radius 2 is 2.11 bits per heavy atom. The summed E-state index contributed by atoms with van der Waals surface area (Å²) in [5, 5.41) is 0. The van der Waals surface area contributed by atoms with Crippen molar-refractivity contribution >= 4 is 0 Å². The molecule has 2 heteroatoms. The monoisotopic (exact) mass is 246 g/mol. The molecule has 1 aliphatic rings. The number of benzene rings is 1. The van der Waals surface area contributed by atoms with Crippen LogP contribution in [0.3, 0.4) is 0 Å². The molecule has 2 unspecified atom stereocenters. The Labute approximate surface area is 111 Å². The first-order valence-corrected chi connectivity index (χ1v) is 7.14. The van der Waals surface area contributed by atoms with Gasteiger partial charge in [-0.15, -0.1) is 0 Å². The minimum atomic E-state index is 0.218. The molecule has 0 spiro atoms. The van der Waals surface area contributed by atoms with E-state index >= 15 is 0 Å². The van der Waals surface area contributed by atoms with E-state index in [1.807, 2.05) is 0 Å². The van der Waals surface area contributed by atoms with E-state index in [1.54, 1.807) is 0 Å². The molecule has 2 nitrogen and oxygen atoms in total. The second-order valence-electron chi connectivity index (χ2n) is 5.81. The van der Waals surface area contributed by atoms with E-state index < -0.39 is 0 Å². The molecule has 2 atom stereocenters. The quantitative estimate of drug-likeness (QED) is 0.835. The van der Waals surface area contributed by atoms with Gasteiger partial charge in [0.2, 0.25) is 0 Å². The molecule has 0 amide bonds. The Balaban J connectivity index is 2.17. The molecule has 1 fully saturated rings. The van der Waals surface area contributed by atoms with Gasteiger partial charge in [0.15, 0.2) is 0 Å². The number of nitrogens with two attached hydrogens (primary N) is 1. The third kappa shape index (κ3) is 3.33. The van der Waals surface area contributed by atoms with Crippen LogP contribution < -0.4 is 5.73 Å². The summed E-state index contributed by atoms with van der Waals surface area (Å²) < 4.78 is 0. The first-order valence-electron chi connectivity index (χ1n) is 7.14. The van der Waals surface area contributed by atoms with Crippen LogP contribution in [-0.2, 0) is 0 Å². The van der Waals surface area contributed by atoms with Gasteiger partial charge in [-0.1, -0.05) is 36.8 Å². The molecule has 0 aromatic heterocycles. The fourth-order valence-corrected chi connectivity index (χ4v) is 2.73. The molecule has 1 aromatic carbocycles. The van der Waals surface area contributed by atoms with E-state index in [4.69, 9.17) is 5.73 Å². The SMILES string of the molecule is CCC(N)C(c1cccc(C)c1)N(C)CC1CC1. The molecule has 0 heterocycles. The van der Waals surface area contributed by atoms with Crippen LogP contribution in [0.25, 0.3) is 0 Å². The zero-order chi connectivity index (χ0) is 13.1. The van der Waals surface area contributed by atoms with E-state index in [1.165, 1.54) is 30.5 Å². The molecule has 0 saturated heterocycles. The molecule has 0 radical (unpaired) electrons. The summed E-state index contributed by atoms with van der Waals surface area (Å²) in [5.74, 6) is 0.909. The minimum Gasteiger partial charge on any atom is -0.326 e. The summed E-state index contributed by atoms with van der Waals surface area (Å²) in [7, 11) is 2.22. The molecule has 100 valence electrons. The normalized spacial score (nSPS) is 18.9. The zero-order valence-corrected chi connectivity index (χ0v) is 11.9. The van der Waals surface area contributed by atoms with Crippen LogP contribution in [0.2, 0.25) is 0 Å². The van der Waals surface area contributed by atoms with Crippen LogP contribution >= 0.6 is 0 Å². The molecular weight excluding hydrogens is 220 g/mol. The van der Waals surface area contributed by atoms with E-state index in [0.717, 1.165) is 12.3 Å². The summed E-state index contributed by atoms with van der Waals surface area (Å²) in [6.45, 7) is 5.52. The van der Waals surface area contributed by atoms with Crippen LogP contribution in [0.5, 0.6) is 0 Å². The van der Waals surface area contributed by atoms with Crippen LogP contribution in [0, 0.1) is 12.8 Å². The van der Waals surface area contributed by atoms with Gasteiger partial charge in [-0.3, -0.25) is 4.90 Å². The minimum absolute atomic E-state index is 0.218. The van der Waals surface area contributed by atoms with Crippen molar-refractivity contribution in [2.45, 2.75) is 45.2 Å². The van der Waals surface area contributed by atoms with Crippen LogP contribution in [-0.4, -0.2) is 24.5 Å². The Bertz CT molecular complexity index is 384. The summed E-state index contributed by atoms with van der Waals surface area (Å²) in [5.41, 5.74) is 9.04. The number of hydrogen-bond donors (Lipinski definition) is 1. The van der Waals surface area contributed by atoms with Crippen molar-refractivity contribution in [3.8, 4) is 0 Å². The first-order chi connectivity index (χ1) is 8.61. The van der Waals surface area contributed by atoms with Crippen molar-refractivity contribution in [1.29, 1.82) is 0 Å². The summed E-state index contributed by atoms with van der Waals surface area (Å²) in [6, 6.07) is 9.37. The average molecular weight is 246 g/mol. The molecule has 1 aromatic rings. The van der Waals surface area contributed by atoms with Crippen LogP contribution in [0.15, 0.2) is 24.3 Å². The number of hydrogen-bond acceptors (Lipinski definition) is 2. The lowest BCUT2D eigenvalue weighted by molar-refractivity contribution is 0.202. The number of nitrogens with zero attached hydrogens (tertiary/aromatic N) is 1. The molecule has 18 heavy (non-hydrogen) atoms. The largest absolute Gasteiger partial charge is 0.326 e. The lowest BCUT2D eigenvalue weighted by Crippen LogP contribution is -2.39. The summed E-state index contributed by atoms with van der Waals surface area (Å²) >= 11 is 0. The second-order valence-corrected chi connectivity index (χ2v) is 5.81. The van der Waals surface area contributed by atoms with Crippen molar-refractivity contribution in [2.75, 3.05) is 13.6 Å². The number of aryl methyl sites for hydroxylation is 1. The third-order valence-electron chi connectivity index (χ3n) is 3.98. The van der Waals surface area contributed by atoms with Crippen molar-refractivity contribution < 1.29 is 0 Å². The van der Waals surface area contributed by atoms with Gasteiger partial charge in [0, 0.05) is 18.6 Å².